The van der Waals surface area contributed by atoms with Crippen LogP contribution in [0, 0.1) is 5.41 Å². The molecule has 6 nitrogen and oxygen atoms in total. The van der Waals surface area contributed by atoms with Gasteiger partial charge in [0.2, 0.25) is 11.7 Å². The smallest absolute Gasteiger partial charge is 0.303 e. The van der Waals surface area contributed by atoms with E-state index in [9.17, 15) is 4.79 Å². The van der Waals surface area contributed by atoms with Gasteiger partial charge in [-0.25, -0.2) is 0 Å². The van der Waals surface area contributed by atoms with Crippen molar-refractivity contribution < 1.29 is 19.2 Å². The van der Waals surface area contributed by atoms with Crippen molar-refractivity contribution in [1.29, 1.82) is 0 Å². The molecule has 1 saturated carbocycles. The van der Waals surface area contributed by atoms with Gasteiger partial charge in [0, 0.05) is 13.0 Å². The maximum Gasteiger partial charge on any atom is 0.303 e. The molecule has 0 amide bonds. The van der Waals surface area contributed by atoms with Crippen LogP contribution in [0.25, 0.3) is 0 Å². The van der Waals surface area contributed by atoms with Gasteiger partial charge < -0.3 is 14.4 Å². The molecule has 1 atom stereocenters. The summed E-state index contributed by atoms with van der Waals surface area (Å²) < 4.78 is 10.9. The van der Waals surface area contributed by atoms with Crippen molar-refractivity contribution in [3.05, 3.63) is 11.7 Å². The molecule has 1 aromatic heterocycles. The number of rotatable bonds is 8. The molecule has 1 heterocycles. The highest BCUT2D eigenvalue weighted by atomic mass is 16.5. The van der Waals surface area contributed by atoms with Crippen LogP contribution in [0.2, 0.25) is 0 Å². The summed E-state index contributed by atoms with van der Waals surface area (Å²) in [5.74, 6) is 0.349. The van der Waals surface area contributed by atoms with E-state index < -0.39 is 5.97 Å². The number of hydrogen-bond acceptors (Lipinski definition) is 5. The largest absolute Gasteiger partial charge is 0.481 e. The Balaban J connectivity index is 2.08. The molecule has 0 spiro atoms. The highest BCUT2D eigenvalue weighted by molar-refractivity contribution is 5.67. The maximum absolute atomic E-state index is 11.1. The standard InChI is InChI=1S/C15H24N2O4/c1-3-11(20-4-2)14-16-12(21-17-14)9-15(10-13(18)19)7-5-6-8-15/h11H,3-10H2,1-2H3,(H,18,19). The molecule has 1 N–H and O–H groups in total. The lowest BCUT2D eigenvalue weighted by Gasteiger charge is -2.24. The van der Waals surface area contributed by atoms with Crippen molar-refractivity contribution in [2.24, 2.45) is 5.41 Å². The molecule has 0 aromatic carbocycles. The van der Waals surface area contributed by atoms with Crippen LogP contribution >= 0.6 is 0 Å². The zero-order valence-corrected chi connectivity index (χ0v) is 12.8. The third-order valence-corrected chi connectivity index (χ3v) is 4.23. The van der Waals surface area contributed by atoms with Crippen LogP contribution in [0.3, 0.4) is 0 Å². The summed E-state index contributed by atoms with van der Waals surface area (Å²) in [6, 6.07) is 0. The van der Waals surface area contributed by atoms with Gasteiger partial charge in [0.1, 0.15) is 6.10 Å². The van der Waals surface area contributed by atoms with Crippen LogP contribution in [0.4, 0.5) is 0 Å². The lowest BCUT2D eigenvalue weighted by atomic mass is 9.79. The second-order valence-corrected chi connectivity index (χ2v) is 5.85. The van der Waals surface area contributed by atoms with E-state index >= 15 is 0 Å². The molecule has 1 aliphatic rings. The molecular formula is C15H24N2O4. The van der Waals surface area contributed by atoms with Gasteiger partial charge in [0.15, 0.2) is 0 Å². The van der Waals surface area contributed by atoms with Gasteiger partial charge in [0.25, 0.3) is 0 Å². The lowest BCUT2D eigenvalue weighted by Crippen LogP contribution is -2.24. The van der Waals surface area contributed by atoms with Crippen molar-refractivity contribution in [2.75, 3.05) is 6.61 Å². The first kappa shape index (κ1) is 15.9. The van der Waals surface area contributed by atoms with Gasteiger partial charge in [-0.3, -0.25) is 4.79 Å². The highest BCUT2D eigenvalue weighted by Crippen LogP contribution is 2.43. The third kappa shape index (κ3) is 4.03. The summed E-state index contributed by atoms with van der Waals surface area (Å²) in [5.41, 5.74) is -0.219. The SMILES string of the molecule is CCOC(CC)c1noc(CC2(CC(=O)O)CCCC2)n1. The maximum atomic E-state index is 11.1. The summed E-state index contributed by atoms with van der Waals surface area (Å²) >= 11 is 0. The van der Waals surface area contributed by atoms with Gasteiger partial charge in [-0.15, -0.1) is 0 Å². The van der Waals surface area contributed by atoms with E-state index in [0.29, 0.717) is 24.7 Å². The fraction of sp³-hybridized carbons (Fsp3) is 0.800. The molecule has 118 valence electrons. The third-order valence-electron chi connectivity index (χ3n) is 4.23. The lowest BCUT2D eigenvalue weighted by molar-refractivity contribution is -0.139. The number of aromatic nitrogens is 2. The van der Waals surface area contributed by atoms with Gasteiger partial charge in [0.05, 0.1) is 6.42 Å². The van der Waals surface area contributed by atoms with E-state index in [1.165, 1.54) is 0 Å². The quantitative estimate of drug-likeness (QED) is 0.793. The van der Waals surface area contributed by atoms with Gasteiger partial charge >= 0.3 is 5.97 Å². The molecule has 0 aliphatic heterocycles. The van der Waals surface area contributed by atoms with E-state index in [2.05, 4.69) is 10.1 Å². The Morgan fingerprint density at radius 3 is 2.71 bits per heavy atom. The highest BCUT2D eigenvalue weighted by Gasteiger charge is 2.38. The number of ether oxygens (including phenoxy) is 1. The van der Waals surface area contributed by atoms with Crippen LogP contribution < -0.4 is 0 Å². The van der Waals surface area contributed by atoms with Crippen LogP contribution in [0.15, 0.2) is 4.52 Å². The molecule has 0 saturated heterocycles. The summed E-state index contributed by atoms with van der Waals surface area (Å²) in [6.45, 7) is 4.55. The van der Waals surface area contributed by atoms with E-state index in [1.807, 2.05) is 13.8 Å². The molecule has 21 heavy (non-hydrogen) atoms. The summed E-state index contributed by atoms with van der Waals surface area (Å²) in [4.78, 5) is 15.5. The summed E-state index contributed by atoms with van der Waals surface area (Å²) in [7, 11) is 0. The molecule has 0 bridgehead atoms. The number of carbonyl (C=O) groups is 1. The van der Waals surface area contributed by atoms with Crippen molar-refractivity contribution in [3.8, 4) is 0 Å². The molecule has 0 radical (unpaired) electrons. The Morgan fingerprint density at radius 1 is 1.43 bits per heavy atom. The number of aliphatic carboxylic acids is 1. The van der Waals surface area contributed by atoms with Crippen molar-refractivity contribution in [3.63, 3.8) is 0 Å². The number of nitrogens with zero attached hydrogens (tertiary/aromatic N) is 2. The Hall–Kier alpha value is -1.43. The first-order valence-corrected chi connectivity index (χ1v) is 7.74. The Labute approximate surface area is 124 Å². The average molecular weight is 296 g/mol. The van der Waals surface area contributed by atoms with E-state index in [1.54, 1.807) is 0 Å². The predicted molar refractivity (Wildman–Crippen MR) is 75.8 cm³/mol. The fourth-order valence-electron chi connectivity index (χ4n) is 3.23. The van der Waals surface area contributed by atoms with Crippen molar-refractivity contribution >= 4 is 5.97 Å². The monoisotopic (exact) mass is 296 g/mol. The first-order chi connectivity index (χ1) is 10.1. The fourth-order valence-corrected chi connectivity index (χ4v) is 3.23. The Morgan fingerprint density at radius 2 is 2.14 bits per heavy atom. The van der Waals surface area contributed by atoms with Crippen molar-refractivity contribution in [2.45, 2.75) is 64.9 Å². The van der Waals surface area contributed by atoms with E-state index in [0.717, 1.165) is 32.1 Å². The molecule has 6 heteroatoms. The first-order valence-electron chi connectivity index (χ1n) is 7.74. The zero-order valence-electron chi connectivity index (χ0n) is 12.8. The Kier molecular flexibility index (Phi) is 5.33. The zero-order chi connectivity index (χ0) is 15.3. The molecular weight excluding hydrogens is 272 g/mol. The number of carboxylic acids is 1. The Bertz CT molecular complexity index is 466. The minimum Gasteiger partial charge on any atom is -0.481 e. The summed E-state index contributed by atoms with van der Waals surface area (Å²) in [6.07, 6.45) is 5.34. The van der Waals surface area contributed by atoms with Gasteiger partial charge in [-0.05, 0) is 31.6 Å². The predicted octanol–water partition coefficient (Wildman–Crippen LogP) is 3.13. The topological polar surface area (TPSA) is 85.5 Å². The molecule has 2 rings (SSSR count). The second kappa shape index (κ2) is 7.02. The minimum atomic E-state index is -0.752. The van der Waals surface area contributed by atoms with Gasteiger partial charge in [-0.2, -0.15) is 4.98 Å². The van der Waals surface area contributed by atoms with Gasteiger partial charge in [-0.1, -0.05) is 24.9 Å². The molecule has 1 aliphatic carbocycles. The average Bonchev–Trinajstić information content (AvgIpc) is 3.05. The molecule has 1 fully saturated rings. The van der Waals surface area contributed by atoms with Crippen LogP contribution in [-0.4, -0.2) is 27.8 Å². The van der Waals surface area contributed by atoms with Crippen molar-refractivity contribution in [1.82, 2.24) is 10.1 Å². The van der Waals surface area contributed by atoms with Crippen LogP contribution in [0.1, 0.15) is 70.2 Å². The molecule has 1 unspecified atom stereocenters. The molecule has 1 aromatic rings. The second-order valence-electron chi connectivity index (χ2n) is 5.85. The van der Waals surface area contributed by atoms with E-state index in [-0.39, 0.29) is 17.9 Å². The van der Waals surface area contributed by atoms with Crippen LogP contribution in [-0.2, 0) is 16.0 Å². The normalized spacial score (nSPS) is 18.8. The van der Waals surface area contributed by atoms with E-state index in [4.69, 9.17) is 14.4 Å². The number of hydrogen-bond donors (Lipinski definition) is 1. The minimum absolute atomic E-state index is 0.147. The summed E-state index contributed by atoms with van der Waals surface area (Å²) in [5, 5.41) is 13.1. The van der Waals surface area contributed by atoms with Crippen LogP contribution in [0.5, 0.6) is 0 Å². The number of carboxylic acid groups (broad SMARTS) is 1.